The minimum absolute atomic E-state index is 0.0919. The van der Waals surface area contributed by atoms with Gasteiger partial charge >= 0.3 is 12.0 Å². The number of hydrogen-bond acceptors (Lipinski definition) is 2. The van der Waals surface area contributed by atoms with Gasteiger partial charge in [0.2, 0.25) is 0 Å². The van der Waals surface area contributed by atoms with E-state index in [1.165, 1.54) is 0 Å². The highest BCUT2D eigenvalue weighted by atomic mass is 19.4. The summed E-state index contributed by atoms with van der Waals surface area (Å²) in [6.07, 6.45) is -5.35. The van der Waals surface area contributed by atoms with E-state index in [1.54, 1.807) is 0 Å². The van der Waals surface area contributed by atoms with Crippen LogP contribution >= 0.6 is 0 Å². The Bertz CT molecular complexity index is 210. The molecule has 1 aliphatic heterocycles. The van der Waals surface area contributed by atoms with Gasteiger partial charge < -0.3 is 9.47 Å². The Hall–Kier alpha value is -0.620. The van der Waals surface area contributed by atoms with Crippen molar-refractivity contribution in [3.8, 4) is 0 Å². The Morgan fingerprint density at radius 2 is 2.00 bits per heavy atom. The van der Waals surface area contributed by atoms with Crippen molar-refractivity contribution in [3.05, 3.63) is 12.7 Å². The summed E-state index contributed by atoms with van der Waals surface area (Å²) < 4.78 is 58.4. The van der Waals surface area contributed by atoms with Crippen molar-refractivity contribution in [1.82, 2.24) is 0 Å². The van der Waals surface area contributed by atoms with Gasteiger partial charge in [0, 0.05) is 13.0 Å². The van der Waals surface area contributed by atoms with Crippen LogP contribution < -0.4 is 0 Å². The summed E-state index contributed by atoms with van der Waals surface area (Å²) >= 11 is 0. The van der Waals surface area contributed by atoms with Gasteiger partial charge in [-0.05, 0) is 12.5 Å². The van der Waals surface area contributed by atoms with E-state index in [9.17, 15) is 17.6 Å². The lowest BCUT2D eigenvalue weighted by atomic mass is 10.3. The van der Waals surface area contributed by atoms with Gasteiger partial charge in [-0.3, -0.25) is 0 Å². The molecule has 2 atom stereocenters. The molecule has 6 heteroatoms. The van der Waals surface area contributed by atoms with Crippen molar-refractivity contribution in [1.29, 1.82) is 0 Å². The summed E-state index contributed by atoms with van der Waals surface area (Å²) in [4.78, 5) is 0. The van der Waals surface area contributed by atoms with Crippen molar-refractivity contribution in [3.63, 3.8) is 0 Å². The third kappa shape index (κ3) is 2.24. The molecular weight excluding hydrogens is 204 g/mol. The molecule has 0 N–H and O–H groups in total. The number of rotatable bonds is 3. The Kier molecular flexibility index (Phi) is 3.16. The second-order valence-corrected chi connectivity index (χ2v) is 2.91. The molecule has 1 rings (SSSR count). The largest absolute Gasteiger partial charge is 0.452 e. The predicted octanol–water partition coefficient (Wildman–Crippen LogP) is 2.55. The SMILES string of the molecule is C=CC(F)(OC1CCCO1)C(F)(F)F. The Morgan fingerprint density at radius 3 is 2.36 bits per heavy atom. The lowest BCUT2D eigenvalue weighted by molar-refractivity contribution is -0.345. The molecule has 0 amide bonds. The van der Waals surface area contributed by atoms with Crippen molar-refractivity contribution in [2.24, 2.45) is 0 Å². The molecule has 1 heterocycles. The summed E-state index contributed by atoms with van der Waals surface area (Å²) in [6.45, 7) is 3.05. The second-order valence-electron chi connectivity index (χ2n) is 2.91. The minimum atomic E-state index is -5.12. The van der Waals surface area contributed by atoms with Crippen LogP contribution in [0.1, 0.15) is 12.8 Å². The van der Waals surface area contributed by atoms with E-state index in [0.717, 1.165) is 0 Å². The molecule has 0 aromatic heterocycles. The molecule has 0 spiro atoms. The molecule has 2 unspecified atom stereocenters. The van der Waals surface area contributed by atoms with Crippen LogP contribution in [-0.4, -0.2) is 24.9 Å². The molecule has 0 aliphatic carbocycles. The fourth-order valence-corrected chi connectivity index (χ4v) is 1.06. The molecule has 0 saturated carbocycles. The number of ether oxygens (including phenoxy) is 2. The number of alkyl halides is 4. The van der Waals surface area contributed by atoms with Crippen LogP contribution in [0.3, 0.4) is 0 Å². The molecule has 1 fully saturated rings. The third-order valence-electron chi connectivity index (χ3n) is 1.84. The van der Waals surface area contributed by atoms with E-state index < -0.39 is 18.3 Å². The monoisotopic (exact) mass is 214 g/mol. The zero-order valence-electron chi connectivity index (χ0n) is 7.31. The molecule has 2 nitrogen and oxygen atoms in total. The van der Waals surface area contributed by atoms with Crippen LogP contribution in [0.2, 0.25) is 0 Å². The van der Waals surface area contributed by atoms with E-state index in [2.05, 4.69) is 11.3 Å². The topological polar surface area (TPSA) is 18.5 Å². The second kappa shape index (κ2) is 3.86. The van der Waals surface area contributed by atoms with Crippen molar-refractivity contribution >= 4 is 0 Å². The third-order valence-corrected chi connectivity index (χ3v) is 1.84. The zero-order chi connectivity index (χ0) is 10.8. The maximum absolute atomic E-state index is 13.1. The van der Waals surface area contributed by atoms with Gasteiger partial charge in [0.05, 0.1) is 0 Å². The van der Waals surface area contributed by atoms with Crippen LogP contribution in [0.4, 0.5) is 17.6 Å². The average molecular weight is 214 g/mol. The Morgan fingerprint density at radius 1 is 1.36 bits per heavy atom. The first-order valence-corrected chi connectivity index (χ1v) is 4.08. The molecule has 82 valence electrons. The highest BCUT2D eigenvalue weighted by Crippen LogP contribution is 2.38. The van der Waals surface area contributed by atoms with Crippen LogP contribution in [0, 0.1) is 0 Å². The first-order valence-electron chi connectivity index (χ1n) is 4.08. The molecule has 0 bridgehead atoms. The van der Waals surface area contributed by atoms with E-state index in [-0.39, 0.29) is 19.1 Å². The minimum Gasteiger partial charge on any atom is -0.352 e. The zero-order valence-corrected chi connectivity index (χ0v) is 7.31. The highest BCUT2D eigenvalue weighted by molar-refractivity contribution is 4.95. The molecule has 1 saturated heterocycles. The molecule has 0 radical (unpaired) electrons. The quantitative estimate of drug-likeness (QED) is 0.531. The van der Waals surface area contributed by atoms with Crippen LogP contribution in [0.25, 0.3) is 0 Å². The van der Waals surface area contributed by atoms with E-state index >= 15 is 0 Å². The molecule has 0 aromatic carbocycles. The molecule has 14 heavy (non-hydrogen) atoms. The fourth-order valence-electron chi connectivity index (χ4n) is 1.06. The Labute approximate surface area is 78.5 Å². The van der Waals surface area contributed by atoms with Gasteiger partial charge in [-0.15, -0.1) is 0 Å². The van der Waals surface area contributed by atoms with Crippen LogP contribution in [0.5, 0.6) is 0 Å². The van der Waals surface area contributed by atoms with Gasteiger partial charge in [-0.2, -0.15) is 17.6 Å². The standard InChI is InChI=1S/C8H10F4O2/c1-2-7(9,8(10,11)12)14-6-4-3-5-13-6/h2,6H,1,3-5H2. The number of halogens is 4. The van der Waals surface area contributed by atoms with E-state index in [0.29, 0.717) is 6.42 Å². The normalized spacial score (nSPS) is 27.3. The van der Waals surface area contributed by atoms with Crippen molar-refractivity contribution < 1.29 is 27.0 Å². The lowest BCUT2D eigenvalue weighted by Gasteiger charge is -2.27. The highest BCUT2D eigenvalue weighted by Gasteiger charge is 2.57. The van der Waals surface area contributed by atoms with Crippen molar-refractivity contribution in [2.45, 2.75) is 31.2 Å². The summed E-state index contributed by atoms with van der Waals surface area (Å²) in [5.41, 5.74) is 0. The van der Waals surface area contributed by atoms with Crippen LogP contribution in [0.15, 0.2) is 12.7 Å². The molecule has 0 aromatic rings. The maximum atomic E-state index is 13.1. The summed E-state index contributed by atoms with van der Waals surface area (Å²) in [6, 6.07) is 0. The first kappa shape index (κ1) is 11.5. The average Bonchev–Trinajstić information content (AvgIpc) is 2.54. The summed E-state index contributed by atoms with van der Waals surface area (Å²) in [5.74, 6) is -3.82. The van der Waals surface area contributed by atoms with Gasteiger partial charge in [-0.1, -0.05) is 6.58 Å². The maximum Gasteiger partial charge on any atom is 0.452 e. The summed E-state index contributed by atoms with van der Waals surface area (Å²) in [5, 5.41) is 0. The molecule has 1 aliphatic rings. The summed E-state index contributed by atoms with van der Waals surface area (Å²) in [7, 11) is 0. The first-order chi connectivity index (χ1) is 6.39. The van der Waals surface area contributed by atoms with E-state index in [4.69, 9.17) is 4.74 Å². The van der Waals surface area contributed by atoms with Gasteiger partial charge in [-0.25, -0.2) is 0 Å². The van der Waals surface area contributed by atoms with Gasteiger partial charge in [0.1, 0.15) is 0 Å². The van der Waals surface area contributed by atoms with Crippen LogP contribution in [-0.2, 0) is 9.47 Å². The lowest BCUT2D eigenvalue weighted by Crippen LogP contribution is -2.44. The fraction of sp³-hybridized carbons (Fsp3) is 0.750. The number of hydrogen-bond donors (Lipinski definition) is 0. The van der Waals surface area contributed by atoms with E-state index in [1.807, 2.05) is 0 Å². The van der Waals surface area contributed by atoms with Crippen molar-refractivity contribution in [2.75, 3.05) is 6.61 Å². The smallest absolute Gasteiger partial charge is 0.352 e. The van der Waals surface area contributed by atoms with Gasteiger partial charge in [0.25, 0.3) is 0 Å². The predicted molar refractivity (Wildman–Crippen MR) is 40.2 cm³/mol. The van der Waals surface area contributed by atoms with Gasteiger partial charge in [0.15, 0.2) is 6.29 Å². The molecular formula is C8H10F4O2. The Balaban J connectivity index is 2.65.